The van der Waals surface area contributed by atoms with Gasteiger partial charge in [-0.15, -0.1) is 0 Å². The third-order valence-electron chi connectivity index (χ3n) is 5.46. The minimum absolute atomic E-state index is 0.108. The summed E-state index contributed by atoms with van der Waals surface area (Å²) in [4.78, 5) is 22.9. The lowest BCUT2D eigenvalue weighted by Crippen LogP contribution is -2.43. The number of amides is 2. The normalized spacial score (nSPS) is 12.1. The zero-order valence-electron chi connectivity index (χ0n) is 19.8. The van der Waals surface area contributed by atoms with Gasteiger partial charge in [-0.1, -0.05) is 90.4 Å². The van der Waals surface area contributed by atoms with E-state index < -0.39 is 30.7 Å². The highest BCUT2D eigenvalue weighted by Crippen LogP contribution is 2.20. The zero-order valence-corrected chi connectivity index (χ0v) is 19.8. The number of nitrogens with one attached hydrogen (secondary N) is 1. The molecule has 0 fully saturated rings. The van der Waals surface area contributed by atoms with Crippen LogP contribution in [0.25, 0.3) is 0 Å². The van der Waals surface area contributed by atoms with E-state index in [4.69, 9.17) is 0 Å². The SMILES string of the molecule is CCCCCCCCCCCCCCCCN(CCCNC(=O)C(F)(F)F)C(=O)C(F)(F)F. The van der Waals surface area contributed by atoms with Gasteiger partial charge in [0.15, 0.2) is 0 Å². The second-order valence-corrected chi connectivity index (χ2v) is 8.49. The molecule has 0 aromatic carbocycles. The minimum Gasteiger partial charge on any atom is -0.348 e. The van der Waals surface area contributed by atoms with Crippen molar-refractivity contribution in [1.29, 1.82) is 0 Å². The number of hydrogen-bond donors (Lipinski definition) is 1. The van der Waals surface area contributed by atoms with Gasteiger partial charge in [0.05, 0.1) is 0 Å². The molecule has 0 aromatic heterocycles. The van der Waals surface area contributed by atoms with Crippen LogP contribution in [-0.4, -0.2) is 48.7 Å². The van der Waals surface area contributed by atoms with Gasteiger partial charge in [-0.2, -0.15) is 26.3 Å². The molecule has 0 heterocycles. The number of carbonyl (C=O) groups is 2. The van der Waals surface area contributed by atoms with Crippen molar-refractivity contribution in [2.75, 3.05) is 19.6 Å². The molecule has 0 rings (SSSR count). The number of carbonyl (C=O) groups excluding carboxylic acids is 2. The van der Waals surface area contributed by atoms with Gasteiger partial charge in [0.2, 0.25) is 0 Å². The Balaban J connectivity index is 3.95. The second kappa shape index (κ2) is 17.9. The van der Waals surface area contributed by atoms with E-state index in [-0.39, 0.29) is 19.5 Å². The average Bonchev–Trinajstić information content (AvgIpc) is 2.73. The van der Waals surface area contributed by atoms with Crippen LogP contribution in [0.15, 0.2) is 0 Å². The first kappa shape index (κ1) is 31.5. The molecule has 2 amide bonds. The van der Waals surface area contributed by atoms with Crippen LogP contribution in [-0.2, 0) is 9.59 Å². The molecule has 10 heteroatoms. The van der Waals surface area contributed by atoms with Gasteiger partial charge in [0.1, 0.15) is 0 Å². The second-order valence-electron chi connectivity index (χ2n) is 8.49. The summed E-state index contributed by atoms with van der Waals surface area (Å²) in [6, 6.07) is 0. The molecule has 0 aliphatic rings. The van der Waals surface area contributed by atoms with Crippen molar-refractivity contribution in [3.05, 3.63) is 0 Å². The van der Waals surface area contributed by atoms with Crippen LogP contribution >= 0.6 is 0 Å². The standard InChI is InChI=1S/C23H40F6N2O2/c1-2-3-4-5-6-7-8-9-10-11-12-13-14-15-18-31(21(33)23(27,28)29)19-16-17-30-20(32)22(24,25)26/h2-19H2,1H3,(H,30,32). The third kappa shape index (κ3) is 17.6. The maximum atomic E-state index is 12.8. The molecule has 4 nitrogen and oxygen atoms in total. The number of unbranched alkanes of at least 4 members (excludes halogenated alkanes) is 13. The van der Waals surface area contributed by atoms with Crippen molar-refractivity contribution >= 4 is 11.8 Å². The fourth-order valence-electron chi connectivity index (χ4n) is 3.56. The van der Waals surface area contributed by atoms with Crippen LogP contribution in [0.4, 0.5) is 26.3 Å². The Bertz CT molecular complexity index is 524. The summed E-state index contributed by atoms with van der Waals surface area (Å²) >= 11 is 0. The highest BCUT2D eigenvalue weighted by molar-refractivity contribution is 5.82. The number of alkyl halides is 6. The quantitative estimate of drug-likeness (QED) is 0.158. The number of hydrogen-bond acceptors (Lipinski definition) is 2. The number of halogens is 6. The smallest absolute Gasteiger partial charge is 0.348 e. The molecule has 0 atom stereocenters. The summed E-state index contributed by atoms with van der Waals surface area (Å²) < 4.78 is 74.6. The van der Waals surface area contributed by atoms with Crippen LogP contribution in [0, 0.1) is 0 Å². The molecular formula is C23H40F6N2O2. The first-order valence-electron chi connectivity index (χ1n) is 12.2. The van der Waals surface area contributed by atoms with E-state index in [2.05, 4.69) is 6.92 Å². The predicted molar refractivity (Wildman–Crippen MR) is 117 cm³/mol. The van der Waals surface area contributed by atoms with Gasteiger partial charge in [-0.3, -0.25) is 9.59 Å². The van der Waals surface area contributed by atoms with E-state index in [0.717, 1.165) is 25.7 Å². The van der Waals surface area contributed by atoms with Crippen LogP contribution in [0.2, 0.25) is 0 Å². The molecule has 0 bridgehead atoms. The number of rotatable bonds is 19. The molecule has 0 spiro atoms. The lowest BCUT2D eigenvalue weighted by Gasteiger charge is -2.24. The number of nitrogens with zero attached hydrogens (tertiary/aromatic N) is 1. The Morgan fingerprint density at radius 3 is 1.39 bits per heavy atom. The third-order valence-corrected chi connectivity index (χ3v) is 5.46. The summed E-state index contributed by atoms with van der Waals surface area (Å²) in [5, 5.41) is 1.59. The molecule has 0 saturated carbocycles. The molecule has 0 unspecified atom stereocenters. The minimum atomic E-state index is -5.05. The molecule has 0 radical (unpaired) electrons. The van der Waals surface area contributed by atoms with Crippen molar-refractivity contribution in [3.63, 3.8) is 0 Å². The molecule has 1 N–H and O–H groups in total. The van der Waals surface area contributed by atoms with Crippen molar-refractivity contribution in [3.8, 4) is 0 Å². The maximum absolute atomic E-state index is 12.8. The van der Waals surface area contributed by atoms with Gasteiger partial charge in [-0.25, -0.2) is 0 Å². The monoisotopic (exact) mass is 490 g/mol. The predicted octanol–water partition coefficient (Wildman–Crippen LogP) is 6.93. The van der Waals surface area contributed by atoms with Gasteiger partial charge in [0, 0.05) is 19.6 Å². The highest BCUT2D eigenvalue weighted by atomic mass is 19.4. The van der Waals surface area contributed by atoms with E-state index in [9.17, 15) is 35.9 Å². The van der Waals surface area contributed by atoms with E-state index >= 15 is 0 Å². The lowest BCUT2D eigenvalue weighted by atomic mass is 10.0. The fraction of sp³-hybridized carbons (Fsp3) is 0.913. The van der Waals surface area contributed by atoms with E-state index in [1.165, 1.54) is 51.4 Å². The molecule has 0 saturated heterocycles. The van der Waals surface area contributed by atoms with Crippen molar-refractivity contribution < 1.29 is 35.9 Å². The van der Waals surface area contributed by atoms with Gasteiger partial charge in [0.25, 0.3) is 0 Å². The summed E-state index contributed by atoms with van der Waals surface area (Å²) in [6.07, 6.45) is 5.09. The Hall–Kier alpha value is -1.48. The first-order valence-corrected chi connectivity index (χ1v) is 12.2. The van der Waals surface area contributed by atoms with E-state index in [0.29, 0.717) is 17.7 Å². The summed E-state index contributed by atoms with van der Waals surface area (Å²) in [5.41, 5.74) is 0. The molecule has 0 aliphatic heterocycles. The van der Waals surface area contributed by atoms with Crippen molar-refractivity contribution in [2.24, 2.45) is 0 Å². The topological polar surface area (TPSA) is 49.4 Å². The van der Waals surface area contributed by atoms with Gasteiger partial charge in [-0.05, 0) is 12.8 Å². The van der Waals surface area contributed by atoms with Gasteiger partial charge < -0.3 is 10.2 Å². The van der Waals surface area contributed by atoms with Crippen LogP contribution in [0.5, 0.6) is 0 Å². The van der Waals surface area contributed by atoms with Gasteiger partial charge >= 0.3 is 24.2 Å². The summed E-state index contributed by atoms with van der Waals surface area (Å²) in [5.74, 6) is -4.15. The van der Waals surface area contributed by atoms with E-state index in [1.807, 2.05) is 0 Å². The Kier molecular flexibility index (Phi) is 17.1. The van der Waals surface area contributed by atoms with Crippen molar-refractivity contribution in [2.45, 2.75) is 116 Å². The fourth-order valence-corrected chi connectivity index (χ4v) is 3.56. The molecular weight excluding hydrogens is 450 g/mol. The Morgan fingerprint density at radius 2 is 1.00 bits per heavy atom. The molecule has 0 aromatic rings. The largest absolute Gasteiger partial charge is 0.471 e. The van der Waals surface area contributed by atoms with E-state index in [1.54, 1.807) is 5.32 Å². The van der Waals surface area contributed by atoms with Crippen LogP contribution in [0.3, 0.4) is 0 Å². The Morgan fingerprint density at radius 1 is 0.606 bits per heavy atom. The van der Waals surface area contributed by atoms with Crippen LogP contribution in [0.1, 0.15) is 103 Å². The lowest BCUT2D eigenvalue weighted by molar-refractivity contribution is -0.185. The average molecular weight is 491 g/mol. The maximum Gasteiger partial charge on any atom is 0.471 e. The zero-order chi connectivity index (χ0) is 25.2. The van der Waals surface area contributed by atoms with Crippen molar-refractivity contribution in [1.82, 2.24) is 10.2 Å². The highest BCUT2D eigenvalue weighted by Gasteiger charge is 2.42. The summed E-state index contributed by atoms with van der Waals surface area (Å²) in [7, 11) is 0. The molecule has 0 aliphatic carbocycles. The first-order chi connectivity index (χ1) is 15.5. The Labute approximate surface area is 193 Å². The summed E-state index contributed by atoms with van der Waals surface area (Å²) in [6.45, 7) is 1.27. The molecule has 33 heavy (non-hydrogen) atoms. The molecule has 196 valence electrons. The van der Waals surface area contributed by atoms with Crippen LogP contribution < -0.4 is 5.32 Å².